The van der Waals surface area contributed by atoms with Crippen LogP contribution in [-0.4, -0.2) is 77.6 Å². The van der Waals surface area contributed by atoms with Crippen LogP contribution in [0, 0.1) is 17.8 Å². The summed E-state index contributed by atoms with van der Waals surface area (Å²) in [6.07, 6.45) is 10.1. The van der Waals surface area contributed by atoms with Crippen LogP contribution in [0.2, 0.25) is 0 Å². The van der Waals surface area contributed by atoms with E-state index in [0.717, 1.165) is 64.6 Å². The molecular formula is C53H66N2O8. The third-order valence-corrected chi connectivity index (χ3v) is 12.7. The number of nitrogens with zero attached hydrogens (tertiary/aromatic N) is 2. The van der Waals surface area contributed by atoms with Crippen molar-refractivity contribution in [2.24, 2.45) is 22.9 Å². The van der Waals surface area contributed by atoms with Crippen molar-refractivity contribution in [3.8, 4) is 23.0 Å². The third-order valence-electron chi connectivity index (χ3n) is 12.7. The van der Waals surface area contributed by atoms with Crippen LogP contribution in [0.5, 0.6) is 23.0 Å². The first-order valence-electron chi connectivity index (χ1n) is 22.9. The number of benzene rings is 4. The number of fused-ring (bicyclic) bond motifs is 3. The Morgan fingerprint density at radius 2 is 1.67 bits per heavy atom. The molecule has 0 spiro atoms. The molecule has 0 bridgehead atoms. The minimum atomic E-state index is -1.34. The Balaban J connectivity index is 1.43. The van der Waals surface area contributed by atoms with Crippen LogP contribution in [-0.2, 0) is 20.8 Å². The predicted octanol–water partition coefficient (Wildman–Crippen LogP) is 10.6. The summed E-state index contributed by atoms with van der Waals surface area (Å²) in [6, 6.07) is 27.5. The lowest BCUT2D eigenvalue weighted by Crippen LogP contribution is -2.70. The van der Waals surface area contributed by atoms with Crippen molar-refractivity contribution in [1.82, 2.24) is 4.90 Å². The maximum Gasteiger partial charge on any atom is 0.239 e. The van der Waals surface area contributed by atoms with Crippen molar-refractivity contribution in [2.45, 2.75) is 109 Å². The van der Waals surface area contributed by atoms with Crippen LogP contribution in [0.15, 0.2) is 114 Å². The topological polar surface area (TPSA) is 119 Å². The number of oxime groups is 1. The van der Waals surface area contributed by atoms with Gasteiger partial charge in [0.25, 0.3) is 0 Å². The Kier molecular flexibility index (Phi) is 15.0. The summed E-state index contributed by atoms with van der Waals surface area (Å²) in [7, 11) is 1.63. The summed E-state index contributed by atoms with van der Waals surface area (Å²) < 4.78 is 26.8. The molecule has 10 heteroatoms. The van der Waals surface area contributed by atoms with Crippen LogP contribution < -0.4 is 14.2 Å². The Bertz CT molecular complexity index is 2260. The summed E-state index contributed by atoms with van der Waals surface area (Å²) in [5, 5.41) is 27.2. The third kappa shape index (κ3) is 10.3. The van der Waals surface area contributed by atoms with E-state index >= 15 is 0 Å². The fourth-order valence-corrected chi connectivity index (χ4v) is 10.0. The molecule has 3 aliphatic rings. The van der Waals surface area contributed by atoms with Gasteiger partial charge in [-0.25, -0.2) is 0 Å². The molecule has 10 nitrogen and oxygen atoms in total. The fraction of sp³-hybridized carbons (Fsp3) is 0.472. The van der Waals surface area contributed by atoms with Gasteiger partial charge in [-0.3, -0.25) is 4.79 Å². The number of allylic oxidation sites excluding steroid dienone is 1. The van der Waals surface area contributed by atoms with Gasteiger partial charge in [0.05, 0.1) is 31.8 Å². The first-order chi connectivity index (χ1) is 30.5. The zero-order chi connectivity index (χ0) is 44.6. The van der Waals surface area contributed by atoms with E-state index in [1.165, 1.54) is 0 Å². The van der Waals surface area contributed by atoms with Gasteiger partial charge in [0, 0.05) is 37.7 Å². The molecular weight excluding hydrogens is 793 g/mol. The number of ether oxygens (including phenoxy) is 4. The van der Waals surface area contributed by atoms with Crippen LogP contribution >= 0.6 is 0 Å². The number of unbranched alkanes of at least 4 members (excludes halogenated alkanes) is 2. The van der Waals surface area contributed by atoms with Crippen molar-refractivity contribution in [3.63, 3.8) is 0 Å². The van der Waals surface area contributed by atoms with Crippen molar-refractivity contribution < 1.29 is 38.8 Å². The normalized spacial score (nSPS) is 23.3. The molecule has 0 aromatic heterocycles. The van der Waals surface area contributed by atoms with E-state index in [0.29, 0.717) is 49.5 Å². The molecule has 0 unspecified atom stereocenters. The van der Waals surface area contributed by atoms with E-state index in [1.807, 2.05) is 80.3 Å². The van der Waals surface area contributed by atoms with Gasteiger partial charge < -0.3 is 38.9 Å². The lowest BCUT2D eigenvalue weighted by atomic mass is 9.55. The second kappa shape index (κ2) is 20.6. The quantitative estimate of drug-likeness (QED) is 0.0512. The molecule has 1 fully saturated rings. The molecule has 0 radical (unpaired) electrons. The van der Waals surface area contributed by atoms with Crippen molar-refractivity contribution in [3.05, 3.63) is 120 Å². The van der Waals surface area contributed by atoms with Gasteiger partial charge in [0.1, 0.15) is 34.6 Å². The van der Waals surface area contributed by atoms with Crippen molar-refractivity contribution in [1.29, 1.82) is 0 Å². The lowest BCUT2D eigenvalue weighted by Gasteiger charge is -2.60. The Morgan fingerprint density at radius 3 is 2.40 bits per heavy atom. The van der Waals surface area contributed by atoms with Crippen LogP contribution in [0.25, 0.3) is 10.8 Å². The summed E-state index contributed by atoms with van der Waals surface area (Å²) in [4.78, 5) is 23.2. The second-order valence-corrected chi connectivity index (χ2v) is 18.2. The standard InChI is InChI=1S/C53H66N2O8/c1-7-26-55(49(58)31-36-16-15-20-40(30-36)59-6)48-35-46(54-63-52(3,4)5)44-33-39(19-11-13-27-56)43(21-12-14-28-57)50-45-34-42(61-41-23-22-37-17-9-10-18-38(37)32-41)24-25-47(45)62-53(48,51(44)50)60-29-8-2/h8-10,15-18,20,22-25,30,32-34,39,43,48,50-51,56-57H,2,7,11-14,19,21,26-29,31,35H2,1,3-6H3/t39-,43+,48-,50+,51+,53+/m0/s1. The number of hydrogen-bond acceptors (Lipinski definition) is 9. The first kappa shape index (κ1) is 45.9. The first-order valence-corrected chi connectivity index (χ1v) is 22.9. The molecule has 1 saturated carbocycles. The molecule has 2 aliphatic carbocycles. The van der Waals surface area contributed by atoms with Gasteiger partial charge in [-0.05, 0) is 129 Å². The highest BCUT2D eigenvalue weighted by molar-refractivity contribution is 6.03. The summed E-state index contributed by atoms with van der Waals surface area (Å²) in [5.41, 5.74) is 3.05. The van der Waals surface area contributed by atoms with Gasteiger partial charge in [-0.15, -0.1) is 6.58 Å². The molecule has 2 N–H and O–H groups in total. The zero-order valence-electron chi connectivity index (χ0n) is 37.8. The van der Waals surface area contributed by atoms with Crippen molar-refractivity contribution in [2.75, 3.05) is 33.5 Å². The SMILES string of the molecule is C=CCO[C@@]12Oc3ccc(Oc4ccc5ccccc5c4)cc3[C@H]3[C@H](CCCCO)[C@@H](CCCCO)C=C(C(=NOC(C)(C)C)C[C@@H]1N(CCC)C(=O)Cc1cccc(OC)c1)[C@H]32. The van der Waals surface area contributed by atoms with E-state index in [9.17, 15) is 15.0 Å². The zero-order valence-corrected chi connectivity index (χ0v) is 37.8. The van der Waals surface area contributed by atoms with Crippen LogP contribution in [0.4, 0.5) is 0 Å². The molecule has 4 aromatic carbocycles. The molecule has 4 aromatic rings. The monoisotopic (exact) mass is 858 g/mol. The van der Waals surface area contributed by atoms with Crippen LogP contribution in [0.1, 0.15) is 96.1 Å². The minimum absolute atomic E-state index is 0.0533. The molecule has 1 amide bonds. The number of hydrogen-bond donors (Lipinski definition) is 2. The number of amides is 1. The van der Waals surface area contributed by atoms with Crippen molar-refractivity contribution >= 4 is 22.4 Å². The molecule has 1 heterocycles. The molecule has 63 heavy (non-hydrogen) atoms. The number of rotatable bonds is 20. The van der Waals surface area contributed by atoms with E-state index in [2.05, 4.69) is 49.9 Å². The number of methoxy groups -OCH3 is 1. The smallest absolute Gasteiger partial charge is 0.239 e. The van der Waals surface area contributed by atoms with Gasteiger partial charge in [0.2, 0.25) is 11.7 Å². The lowest BCUT2D eigenvalue weighted by molar-refractivity contribution is -0.257. The molecule has 336 valence electrons. The van der Waals surface area contributed by atoms with Gasteiger partial charge in [-0.2, -0.15) is 0 Å². The van der Waals surface area contributed by atoms with Gasteiger partial charge >= 0.3 is 0 Å². The second-order valence-electron chi connectivity index (χ2n) is 18.2. The number of aliphatic hydroxyl groups is 2. The van der Waals surface area contributed by atoms with E-state index in [-0.39, 0.29) is 49.9 Å². The summed E-state index contributed by atoms with van der Waals surface area (Å²) in [6.45, 7) is 13.0. The molecule has 7 rings (SSSR count). The summed E-state index contributed by atoms with van der Waals surface area (Å²) >= 11 is 0. The number of carbonyl (C=O) groups excluding carboxylic acids is 1. The Morgan fingerprint density at radius 1 is 0.921 bits per heavy atom. The van der Waals surface area contributed by atoms with Crippen LogP contribution in [0.3, 0.4) is 0 Å². The molecule has 6 atom stereocenters. The fourth-order valence-electron chi connectivity index (χ4n) is 10.0. The van der Waals surface area contributed by atoms with Gasteiger partial charge in [-0.1, -0.05) is 79.5 Å². The largest absolute Gasteiger partial charge is 0.497 e. The number of aliphatic hydroxyl groups excluding tert-OH is 2. The van der Waals surface area contributed by atoms with E-state index in [1.54, 1.807) is 13.2 Å². The number of carbonyl (C=O) groups is 1. The maximum atomic E-state index is 15.0. The minimum Gasteiger partial charge on any atom is -0.497 e. The Hall–Kier alpha value is -5.16. The molecule has 1 aliphatic heterocycles. The summed E-state index contributed by atoms with van der Waals surface area (Å²) in [5.74, 6) is 1.01. The average Bonchev–Trinajstić information content (AvgIpc) is 3.28. The Labute approximate surface area is 373 Å². The highest BCUT2D eigenvalue weighted by Gasteiger charge is 2.65. The molecule has 0 saturated heterocycles. The average molecular weight is 859 g/mol. The highest BCUT2D eigenvalue weighted by atomic mass is 16.7. The maximum absolute atomic E-state index is 15.0. The van der Waals surface area contributed by atoms with E-state index < -0.39 is 23.3 Å². The predicted molar refractivity (Wildman–Crippen MR) is 249 cm³/mol. The van der Waals surface area contributed by atoms with Gasteiger partial charge in [0.15, 0.2) is 0 Å². The van der Waals surface area contributed by atoms with E-state index in [4.69, 9.17) is 28.9 Å². The highest BCUT2D eigenvalue weighted by Crippen LogP contribution is 2.62.